The van der Waals surface area contributed by atoms with Gasteiger partial charge in [-0.3, -0.25) is 0 Å². The Bertz CT molecular complexity index is 94.8. The Morgan fingerprint density at radius 1 is 0.917 bits per heavy atom. The van der Waals surface area contributed by atoms with E-state index in [1.54, 1.807) is 0 Å². The van der Waals surface area contributed by atoms with Crippen molar-refractivity contribution in [1.29, 1.82) is 0 Å². The van der Waals surface area contributed by atoms with Crippen LogP contribution in [0.5, 0.6) is 0 Å². The quantitative estimate of drug-likeness (QED) is 0.576. The fourth-order valence-electron chi connectivity index (χ4n) is 1.78. The second kappa shape index (κ2) is 5.55. The van der Waals surface area contributed by atoms with Crippen molar-refractivity contribution in [2.75, 3.05) is 13.1 Å². The number of rotatable bonds is 0. The largest absolute Gasteiger partial charge is 0.317 e. The molecule has 2 N–H and O–H groups in total. The summed E-state index contributed by atoms with van der Waals surface area (Å²) in [6, 6.07) is 1.55. The summed E-state index contributed by atoms with van der Waals surface area (Å²) in [4.78, 5) is 0. The molecule has 2 unspecified atom stereocenters. The van der Waals surface area contributed by atoms with Crippen molar-refractivity contribution in [1.82, 2.24) is 10.6 Å². The first kappa shape index (κ1) is 10.0. The van der Waals surface area contributed by atoms with Crippen molar-refractivity contribution in [3.8, 4) is 0 Å². The highest BCUT2D eigenvalue weighted by Gasteiger charge is 2.14. The lowest BCUT2D eigenvalue weighted by atomic mass is 10.2. The molecule has 0 aliphatic carbocycles. The van der Waals surface area contributed by atoms with E-state index in [9.17, 15) is 0 Å². The summed E-state index contributed by atoms with van der Waals surface area (Å²) in [5.74, 6) is 0. The average Bonchev–Trinajstić information content (AvgIpc) is 2.63. The van der Waals surface area contributed by atoms with Crippen LogP contribution in [-0.4, -0.2) is 25.2 Å². The lowest BCUT2D eigenvalue weighted by molar-refractivity contribution is 0.596. The third kappa shape index (κ3) is 4.07. The second-order valence-corrected chi connectivity index (χ2v) is 4.00. The third-order valence-corrected chi connectivity index (χ3v) is 2.56. The summed E-state index contributed by atoms with van der Waals surface area (Å²) < 4.78 is 0. The van der Waals surface area contributed by atoms with Crippen molar-refractivity contribution in [3.05, 3.63) is 0 Å². The van der Waals surface area contributed by atoms with Gasteiger partial charge in [0.15, 0.2) is 0 Å². The van der Waals surface area contributed by atoms with Crippen LogP contribution < -0.4 is 10.6 Å². The molecule has 12 heavy (non-hydrogen) atoms. The van der Waals surface area contributed by atoms with Crippen LogP contribution in [0.2, 0.25) is 0 Å². The maximum Gasteiger partial charge on any atom is 0.00417 e. The predicted molar refractivity (Wildman–Crippen MR) is 53.4 cm³/mol. The highest BCUT2D eigenvalue weighted by Crippen LogP contribution is 2.09. The van der Waals surface area contributed by atoms with Gasteiger partial charge in [0.25, 0.3) is 0 Å². The molecule has 2 nitrogen and oxygen atoms in total. The molecular weight excluding hydrogens is 148 g/mol. The van der Waals surface area contributed by atoms with Gasteiger partial charge in [-0.25, -0.2) is 0 Å². The van der Waals surface area contributed by atoms with Gasteiger partial charge in [0.2, 0.25) is 0 Å². The Morgan fingerprint density at radius 3 is 1.58 bits per heavy atom. The Hall–Kier alpha value is -0.0800. The Balaban J connectivity index is 0.000000127. The first-order valence-electron chi connectivity index (χ1n) is 5.26. The molecule has 2 saturated heterocycles. The Morgan fingerprint density at radius 2 is 1.42 bits per heavy atom. The molecule has 2 heteroatoms. The molecule has 0 radical (unpaired) electrons. The molecule has 0 spiro atoms. The molecule has 72 valence electrons. The number of hydrogen-bond acceptors (Lipinski definition) is 2. The van der Waals surface area contributed by atoms with Crippen LogP contribution in [0.15, 0.2) is 0 Å². The summed E-state index contributed by atoms with van der Waals surface area (Å²) in [5, 5.41) is 6.64. The highest BCUT2D eigenvalue weighted by atomic mass is 15.0. The molecule has 0 aromatic carbocycles. The van der Waals surface area contributed by atoms with E-state index in [1.165, 1.54) is 38.8 Å². The van der Waals surface area contributed by atoms with E-state index in [4.69, 9.17) is 0 Å². The van der Waals surface area contributed by atoms with Gasteiger partial charge in [0.1, 0.15) is 0 Å². The summed E-state index contributed by atoms with van der Waals surface area (Å²) >= 11 is 0. The molecular formula is C10H22N2. The van der Waals surface area contributed by atoms with Gasteiger partial charge in [-0.05, 0) is 52.6 Å². The molecule has 2 atom stereocenters. The van der Waals surface area contributed by atoms with E-state index in [1.807, 2.05) is 0 Å². The summed E-state index contributed by atoms with van der Waals surface area (Å²) in [7, 11) is 0. The minimum atomic E-state index is 0.773. The molecule has 0 aromatic rings. The molecule has 0 bridgehead atoms. The predicted octanol–water partition coefficient (Wildman–Crippen LogP) is 1.52. The van der Waals surface area contributed by atoms with Gasteiger partial charge in [0, 0.05) is 12.1 Å². The standard InChI is InChI=1S/C6H13N.C4H9N/c1-5-3-4-6(2)7-5;1-2-4-5-3-1/h5-7H,3-4H2,1-2H3;5H,1-4H2. The van der Waals surface area contributed by atoms with Crippen LogP contribution >= 0.6 is 0 Å². The SMILES string of the molecule is C1CCNC1.CC1CCC(C)N1. The first-order valence-corrected chi connectivity index (χ1v) is 5.26. The van der Waals surface area contributed by atoms with E-state index >= 15 is 0 Å². The van der Waals surface area contributed by atoms with Crippen molar-refractivity contribution >= 4 is 0 Å². The van der Waals surface area contributed by atoms with Gasteiger partial charge >= 0.3 is 0 Å². The van der Waals surface area contributed by atoms with Crippen LogP contribution in [0.4, 0.5) is 0 Å². The zero-order chi connectivity index (χ0) is 8.81. The van der Waals surface area contributed by atoms with Crippen LogP contribution in [0.25, 0.3) is 0 Å². The molecule has 0 saturated carbocycles. The lowest BCUT2D eigenvalue weighted by Gasteiger charge is -2.01. The molecule has 2 rings (SSSR count). The molecule has 0 amide bonds. The Labute approximate surface area is 76.1 Å². The minimum absolute atomic E-state index is 0.773. The fourth-order valence-corrected chi connectivity index (χ4v) is 1.78. The van der Waals surface area contributed by atoms with E-state index in [-0.39, 0.29) is 0 Å². The van der Waals surface area contributed by atoms with Gasteiger partial charge in [-0.2, -0.15) is 0 Å². The van der Waals surface area contributed by atoms with Gasteiger partial charge in [0.05, 0.1) is 0 Å². The van der Waals surface area contributed by atoms with E-state index in [0.29, 0.717) is 0 Å². The minimum Gasteiger partial charge on any atom is -0.317 e. The maximum absolute atomic E-state index is 3.42. The maximum atomic E-state index is 3.42. The molecule has 2 aliphatic heterocycles. The first-order chi connectivity index (χ1) is 5.79. The molecule has 2 fully saturated rings. The molecule has 0 aromatic heterocycles. The summed E-state index contributed by atoms with van der Waals surface area (Å²) in [6.07, 6.45) is 5.50. The van der Waals surface area contributed by atoms with Gasteiger partial charge in [-0.15, -0.1) is 0 Å². The van der Waals surface area contributed by atoms with Crippen LogP contribution in [0.3, 0.4) is 0 Å². The average molecular weight is 170 g/mol. The third-order valence-electron chi connectivity index (χ3n) is 2.56. The highest BCUT2D eigenvalue weighted by molar-refractivity contribution is 4.76. The molecule has 2 aliphatic rings. The second-order valence-electron chi connectivity index (χ2n) is 4.00. The van der Waals surface area contributed by atoms with Crippen molar-refractivity contribution in [2.24, 2.45) is 0 Å². The zero-order valence-corrected chi connectivity index (χ0v) is 8.40. The van der Waals surface area contributed by atoms with Crippen molar-refractivity contribution in [2.45, 2.75) is 51.6 Å². The molecule has 2 heterocycles. The van der Waals surface area contributed by atoms with Crippen LogP contribution in [0, 0.1) is 0 Å². The van der Waals surface area contributed by atoms with E-state index < -0.39 is 0 Å². The number of hydrogen-bond donors (Lipinski definition) is 2. The van der Waals surface area contributed by atoms with Crippen molar-refractivity contribution in [3.63, 3.8) is 0 Å². The lowest BCUT2D eigenvalue weighted by Crippen LogP contribution is -2.23. The Kier molecular flexibility index (Phi) is 4.62. The van der Waals surface area contributed by atoms with Gasteiger partial charge in [-0.1, -0.05) is 0 Å². The monoisotopic (exact) mass is 170 g/mol. The van der Waals surface area contributed by atoms with Crippen molar-refractivity contribution < 1.29 is 0 Å². The van der Waals surface area contributed by atoms with Gasteiger partial charge < -0.3 is 10.6 Å². The van der Waals surface area contributed by atoms with Crippen LogP contribution in [-0.2, 0) is 0 Å². The fraction of sp³-hybridized carbons (Fsp3) is 1.00. The topological polar surface area (TPSA) is 24.1 Å². The normalized spacial score (nSPS) is 34.5. The van der Waals surface area contributed by atoms with Crippen LogP contribution in [0.1, 0.15) is 39.5 Å². The summed E-state index contributed by atoms with van der Waals surface area (Å²) in [5.41, 5.74) is 0. The zero-order valence-electron chi connectivity index (χ0n) is 8.40. The summed E-state index contributed by atoms with van der Waals surface area (Å²) in [6.45, 7) is 6.98. The van der Waals surface area contributed by atoms with E-state index in [2.05, 4.69) is 24.5 Å². The van der Waals surface area contributed by atoms with E-state index in [0.717, 1.165) is 12.1 Å². The smallest absolute Gasteiger partial charge is 0.00417 e. The number of nitrogens with one attached hydrogen (secondary N) is 2.